The van der Waals surface area contributed by atoms with E-state index in [1.807, 2.05) is 0 Å². The molecule has 0 heterocycles. The first kappa shape index (κ1) is 13.2. The van der Waals surface area contributed by atoms with E-state index < -0.39 is 5.97 Å². The number of hydrogen-bond donors (Lipinski definition) is 1. The van der Waals surface area contributed by atoms with Crippen LogP contribution in [0.25, 0.3) is 0 Å². The predicted octanol–water partition coefficient (Wildman–Crippen LogP) is 3.74. The molecule has 4 rings (SSSR count). The molecule has 0 amide bonds. The van der Waals surface area contributed by atoms with E-state index >= 15 is 0 Å². The van der Waals surface area contributed by atoms with Crippen LogP contribution < -0.4 is 0 Å². The largest absolute Gasteiger partial charge is 0.481 e. The number of carboxylic acid groups (broad SMARTS) is 1. The molecule has 3 heteroatoms. The molecule has 4 aliphatic rings. The van der Waals surface area contributed by atoms with Crippen LogP contribution >= 0.6 is 12.4 Å². The van der Waals surface area contributed by atoms with Crippen molar-refractivity contribution in [3.63, 3.8) is 0 Å². The molecular formula is C14H23ClO2. The molecule has 0 saturated heterocycles. The van der Waals surface area contributed by atoms with Crippen molar-refractivity contribution in [2.75, 3.05) is 0 Å². The maximum atomic E-state index is 11.2. The quantitative estimate of drug-likeness (QED) is 0.819. The SMILES string of the molecule is CC1(C)C2CC3CC(C2)CC1(CC(=O)O)C3.Cl. The monoisotopic (exact) mass is 258 g/mol. The van der Waals surface area contributed by atoms with Crippen LogP contribution in [0.1, 0.15) is 52.4 Å². The lowest BCUT2D eigenvalue weighted by Crippen LogP contribution is -2.58. The molecule has 1 N–H and O–H groups in total. The Balaban J connectivity index is 0.00000108. The summed E-state index contributed by atoms with van der Waals surface area (Å²) in [6, 6.07) is 0. The van der Waals surface area contributed by atoms with Crippen LogP contribution in [-0.2, 0) is 4.79 Å². The molecule has 4 bridgehead atoms. The van der Waals surface area contributed by atoms with Gasteiger partial charge in [0.15, 0.2) is 0 Å². The summed E-state index contributed by atoms with van der Waals surface area (Å²) in [5, 5.41) is 9.21. The zero-order valence-electron chi connectivity index (χ0n) is 10.7. The van der Waals surface area contributed by atoms with E-state index in [-0.39, 0.29) is 23.2 Å². The van der Waals surface area contributed by atoms with Crippen LogP contribution in [0.2, 0.25) is 0 Å². The minimum absolute atomic E-state index is 0. The van der Waals surface area contributed by atoms with Gasteiger partial charge in [-0.15, -0.1) is 12.4 Å². The van der Waals surface area contributed by atoms with Crippen LogP contribution in [-0.4, -0.2) is 11.1 Å². The summed E-state index contributed by atoms with van der Waals surface area (Å²) in [5.74, 6) is 1.88. The van der Waals surface area contributed by atoms with Gasteiger partial charge in [-0.25, -0.2) is 0 Å². The molecule has 98 valence electrons. The lowest BCUT2D eigenvalue weighted by atomic mass is 9.39. The molecule has 2 unspecified atom stereocenters. The second kappa shape index (κ2) is 3.88. The molecule has 0 aromatic carbocycles. The van der Waals surface area contributed by atoms with Crippen LogP contribution in [0.4, 0.5) is 0 Å². The number of halogens is 1. The Bertz CT molecular complexity index is 323. The summed E-state index contributed by atoms with van der Waals surface area (Å²) < 4.78 is 0. The average Bonchev–Trinajstić information content (AvgIpc) is 2.12. The molecule has 4 fully saturated rings. The second-order valence-corrected chi connectivity index (χ2v) is 7.12. The Morgan fingerprint density at radius 1 is 1.18 bits per heavy atom. The van der Waals surface area contributed by atoms with Gasteiger partial charge in [0.1, 0.15) is 0 Å². The number of carboxylic acids is 1. The van der Waals surface area contributed by atoms with E-state index in [0.717, 1.165) is 17.8 Å². The fourth-order valence-corrected chi connectivity index (χ4v) is 5.30. The summed E-state index contributed by atoms with van der Waals surface area (Å²) in [7, 11) is 0. The van der Waals surface area contributed by atoms with Crippen LogP contribution in [0.3, 0.4) is 0 Å². The van der Waals surface area contributed by atoms with Crippen LogP contribution in [0, 0.1) is 28.6 Å². The molecule has 0 aromatic heterocycles. The van der Waals surface area contributed by atoms with Crippen LogP contribution in [0.15, 0.2) is 0 Å². The zero-order chi connectivity index (χ0) is 11.6. The highest BCUT2D eigenvalue weighted by Gasteiger charge is 2.61. The number of aliphatic carboxylic acids is 1. The fourth-order valence-electron chi connectivity index (χ4n) is 5.30. The third-order valence-corrected chi connectivity index (χ3v) is 6.14. The van der Waals surface area contributed by atoms with Gasteiger partial charge in [-0.2, -0.15) is 0 Å². The minimum Gasteiger partial charge on any atom is -0.481 e. The molecule has 4 aliphatic carbocycles. The van der Waals surface area contributed by atoms with Crippen molar-refractivity contribution in [2.45, 2.75) is 52.4 Å². The first-order valence-electron chi connectivity index (χ1n) is 6.65. The van der Waals surface area contributed by atoms with Gasteiger partial charge in [-0.1, -0.05) is 13.8 Å². The second-order valence-electron chi connectivity index (χ2n) is 7.12. The summed E-state index contributed by atoms with van der Waals surface area (Å²) >= 11 is 0. The van der Waals surface area contributed by atoms with E-state index in [2.05, 4.69) is 13.8 Å². The average molecular weight is 259 g/mol. The molecule has 17 heavy (non-hydrogen) atoms. The molecule has 0 aromatic rings. The molecule has 0 spiro atoms. The van der Waals surface area contributed by atoms with Gasteiger partial charge >= 0.3 is 5.97 Å². The summed E-state index contributed by atoms with van der Waals surface area (Å²) in [6.07, 6.45) is 6.88. The summed E-state index contributed by atoms with van der Waals surface area (Å²) in [4.78, 5) is 11.2. The van der Waals surface area contributed by atoms with Gasteiger partial charge < -0.3 is 5.11 Å². The van der Waals surface area contributed by atoms with Crippen molar-refractivity contribution in [1.29, 1.82) is 0 Å². The highest BCUT2D eigenvalue weighted by Crippen LogP contribution is 2.69. The third kappa shape index (κ3) is 1.71. The Morgan fingerprint density at radius 2 is 1.71 bits per heavy atom. The van der Waals surface area contributed by atoms with Gasteiger partial charge in [0.05, 0.1) is 6.42 Å². The maximum absolute atomic E-state index is 11.2. The Labute approximate surface area is 110 Å². The highest BCUT2D eigenvalue weighted by atomic mass is 35.5. The molecule has 0 radical (unpaired) electrons. The smallest absolute Gasteiger partial charge is 0.303 e. The van der Waals surface area contributed by atoms with E-state index in [1.165, 1.54) is 32.1 Å². The fraction of sp³-hybridized carbons (Fsp3) is 0.929. The molecule has 2 atom stereocenters. The van der Waals surface area contributed by atoms with Gasteiger partial charge in [0.25, 0.3) is 0 Å². The van der Waals surface area contributed by atoms with Crippen molar-refractivity contribution in [3.8, 4) is 0 Å². The Kier molecular flexibility index (Phi) is 3.01. The van der Waals surface area contributed by atoms with Crippen molar-refractivity contribution < 1.29 is 9.90 Å². The predicted molar refractivity (Wildman–Crippen MR) is 69.3 cm³/mol. The number of carbonyl (C=O) groups is 1. The first-order chi connectivity index (χ1) is 7.43. The van der Waals surface area contributed by atoms with E-state index in [0.29, 0.717) is 6.42 Å². The summed E-state index contributed by atoms with van der Waals surface area (Å²) in [5.41, 5.74) is 0.367. The van der Waals surface area contributed by atoms with Crippen molar-refractivity contribution in [3.05, 3.63) is 0 Å². The van der Waals surface area contributed by atoms with Crippen molar-refractivity contribution in [2.24, 2.45) is 28.6 Å². The molecular weight excluding hydrogens is 236 g/mol. The lowest BCUT2D eigenvalue weighted by Gasteiger charge is -2.65. The topological polar surface area (TPSA) is 37.3 Å². The number of rotatable bonds is 2. The molecule has 2 nitrogen and oxygen atoms in total. The normalized spacial score (nSPS) is 45.4. The van der Waals surface area contributed by atoms with Gasteiger partial charge in [-0.05, 0) is 60.7 Å². The van der Waals surface area contributed by atoms with E-state index in [4.69, 9.17) is 0 Å². The van der Waals surface area contributed by atoms with Crippen LogP contribution in [0.5, 0.6) is 0 Å². The van der Waals surface area contributed by atoms with E-state index in [1.54, 1.807) is 0 Å². The standard InChI is InChI=1S/C14H22O2.ClH/c1-13(2)11-4-9-3-10(5-11)7-14(13,6-9)8-12(15)16;/h9-11H,3-8H2,1-2H3,(H,15,16);1H. The van der Waals surface area contributed by atoms with Gasteiger partial charge in [0.2, 0.25) is 0 Å². The van der Waals surface area contributed by atoms with E-state index in [9.17, 15) is 9.90 Å². The lowest BCUT2D eigenvalue weighted by molar-refractivity contribution is -0.177. The molecule has 0 aliphatic heterocycles. The van der Waals surface area contributed by atoms with Gasteiger partial charge in [-0.3, -0.25) is 4.79 Å². The zero-order valence-corrected chi connectivity index (χ0v) is 11.6. The first-order valence-corrected chi connectivity index (χ1v) is 6.65. The minimum atomic E-state index is -0.588. The Morgan fingerprint density at radius 3 is 2.18 bits per heavy atom. The highest BCUT2D eigenvalue weighted by molar-refractivity contribution is 5.85. The van der Waals surface area contributed by atoms with Gasteiger partial charge in [0, 0.05) is 0 Å². The van der Waals surface area contributed by atoms with Crippen molar-refractivity contribution in [1.82, 2.24) is 0 Å². The Hall–Kier alpha value is -0.240. The summed E-state index contributed by atoms with van der Waals surface area (Å²) in [6.45, 7) is 4.66. The number of hydrogen-bond acceptors (Lipinski definition) is 1. The third-order valence-electron chi connectivity index (χ3n) is 6.14. The molecule has 4 saturated carbocycles. The maximum Gasteiger partial charge on any atom is 0.303 e. The van der Waals surface area contributed by atoms with Crippen molar-refractivity contribution >= 4 is 18.4 Å².